The summed E-state index contributed by atoms with van der Waals surface area (Å²) >= 11 is 0. The van der Waals surface area contributed by atoms with Crippen molar-refractivity contribution >= 4 is 11.8 Å². The quantitative estimate of drug-likeness (QED) is 0.359. The Balaban J connectivity index is 1.86. The zero-order valence-corrected chi connectivity index (χ0v) is 23.5. The third-order valence-corrected chi connectivity index (χ3v) is 7.23. The Bertz CT molecular complexity index is 660. The summed E-state index contributed by atoms with van der Waals surface area (Å²) in [7, 11) is 0. The van der Waals surface area contributed by atoms with E-state index in [1.54, 1.807) is 0 Å². The maximum absolute atomic E-state index is 13.1. The molecule has 0 bridgehead atoms. The van der Waals surface area contributed by atoms with Crippen molar-refractivity contribution < 1.29 is 19.3 Å². The lowest BCUT2D eigenvalue weighted by Gasteiger charge is -2.39. The Kier molecular flexibility index (Phi) is 9.22. The smallest absolute Gasteiger partial charge is 0.246 e. The van der Waals surface area contributed by atoms with E-state index in [2.05, 4.69) is 41.5 Å². The molecule has 2 fully saturated rings. The normalized spacial score (nSPS) is 23.9. The first kappa shape index (κ1) is 29.0. The standard InChI is InChI=1S/C26H50N4O4/c1-11-19-33-29-23(3,4)21(31)27(25(29,7)8)17-15-13-14-16-18-28-22(32)24(5,6)30(26(28,9)10)34-20-12-2/h11-20H2,1-10H3. The van der Waals surface area contributed by atoms with E-state index in [0.29, 0.717) is 26.3 Å². The summed E-state index contributed by atoms with van der Waals surface area (Å²) in [6.07, 6.45) is 5.71. The van der Waals surface area contributed by atoms with Crippen LogP contribution < -0.4 is 0 Å². The number of nitrogens with zero attached hydrogens (tertiary/aromatic N) is 4. The molecule has 0 spiro atoms. The zero-order chi connectivity index (χ0) is 25.9. The van der Waals surface area contributed by atoms with Crippen molar-refractivity contribution in [2.45, 2.75) is 130 Å². The van der Waals surface area contributed by atoms with Crippen LogP contribution >= 0.6 is 0 Å². The van der Waals surface area contributed by atoms with Gasteiger partial charge in [0.1, 0.15) is 22.4 Å². The molecule has 2 aliphatic rings. The minimum absolute atomic E-state index is 0.118. The molecular formula is C26H50N4O4. The van der Waals surface area contributed by atoms with E-state index >= 15 is 0 Å². The first-order valence-corrected chi connectivity index (χ1v) is 13.2. The summed E-state index contributed by atoms with van der Waals surface area (Å²) in [6, 6.07) is 0. The molecule has 0 saturated carbocycles. The first-order chi connectivity index (χ1) is 15.7. The van der Waals surface area contributed by atoms with Crippen LogP contribution in [0.4, 0.5) is 0 Å². The van der Waals surface area contributed by atoms with Crippen LogP contribution in [0.15, 0.2) is 0 Å². The van der Waals surface area contributed by atoms with Gasteiger partial charge in [0, 0.05) is 13.1 Å². The summed E-state index contributed by atoms with van der Waals surface area (Å²) in [5, 5.41) is 3.75. The highest BCUT2D eigenvalue weighted by Gasteiger charge is 2.58. The van der Waals surface area contributed by atoms with E-state index in [1.165, 1.54) is 0 Å². The predicted octanol–water partition coefficient (Wildman–Crippen LogP) is 4.55. The van der Waals surface area contributed by atoms with Crippen molar-refractivity contribution in [1.82, 2.24) is 19.9 Å². The number of hydrogen-bond acceptors (Lipinski definition) is 6. The molecule has 0 unspecified atom stereocenters. The average molecular weight is 483 g/mol. The predicted molar refractivity (Wildman–Crippen MR) is 134 cm³/mol. The molecule has 2 aliphatic heterocycles. The van der Waals surface area contributed by atoms with Crippen molar-refractivity contribution in [3.63, 3.8) is 0 Å². The van der Waals surface area contributed by atoms with Gasteiger partial charge in [0.25, 0.3) is 0 Å². The van der Waals surface area contributed by atoms with Crippen LogP contribution in [0.5, 0.6) is 0 Å². The van der Waals surface area contributed by atoms with E-state index in [4.69, 9.17) is 9.68 Å². The summed E-state index contributed by atoms with van der Waals surface area (Å²) in [6.45, 7) is 22.8. The fourth-order valence-electron chi connectivity index (χ4n) is 5.57. The van der Waals surface area contributed by atoms with E-state index in [0.717, 1.165) is 38.5 Å². The van der Waals surface area contributed by atoms with E-state index in [1.807, 2.05) is 47.6 Å². The summed E-state index contributed by atoms with van der Waals surface area (Å²) in [5.41, 5.74) is -2.29. The zero-order valence-electron chi connectivity index (χ0n) is 23.5. The first-order valence-electron chi connectivity index (χ1n) is 13.2. The molecule has 0 radical (unpaired) electrons. The lowest BCUT2D eigenvalue weighted by Crippen LogP contribution is -2.52. The number of rotatable bonds is 13. The van der Waals surface area contributed by atoms with Gasteiger partial charge < -0.3 is 9.80 Å². The van der Waals surface area contributed by atoms with Gasteiger partial charge in [0.2, 0.25) is 11.8 Å². The molecule has 8 heteroatoms. The fraction of sp³-hybridized carbons (Fsp3) is 0.923. The molecule has 0 aliphatic carbocycles. The highest BCUT2D eigenvalue weighted by atomic mass is 16.7. The lowest BCUT2D eigenvalue weighted by molar-refractivity contribution is -0.253. The highest BCUT2D eigenvalue weighted by Crippen LogP contribution is 2.40. The Morgan fingerprint density at radius 1 is 0.588 bits per heavy atom. The fourth-order valence-corrected chi connectivity index (χ4v) is 5.57. The van der Waals surface area contributed by atoms with Crippen LogP contribution in [0.1, 0.15) is 108 Å². The molecule has 2 saturated heterocycles. The van der Waals surface area contributed by atoms with Crippen LogP contribution in [0.25, 0.3) is 0 Å². The largest absolute Gasteiger partial charge is 0.321 e. The second-order valence-corrected chi connectivity index (χ2v) is 11.7. The third-order valence-electron chi connectivity index (χ3n) is 7.23. The van der Waals surface area contributed by atoms with Gasteiger partial charge in [-0.1, -0.05) is 26.7 Å². The summed E-state index contributed by atoms with van der Waals surface area (Å²) < 4.78 is 0. The van der Waals surface area contributed by atoms with Gasteiger partial charge in [-0.15, -0.1) is 10.1 Å². The maximum Gasteiger partial charge on any atom is 0.246 e. The van der Waals surface area contributed by atoms with Gasteiger partial charge in [-0.3, -0.25) is 19.3 Å². The summed E-state index contributed by atoms with van der Waals surface area (Å²) in [5.74, 6) is 0.236. The van der Waals surface area contributed by atoms with E-state index in [-0.39, 0.29) is 11.8 Å². The molecule has 0 atom stereocenters. The number of carbonyl (C=O) groups is 2. The molecule has 34 heavy (non-hydrogen) atoms. The van der Waals surface area contributed by atoms with Crippen LogP contribution in [0, 0.1) is 0 Å². The Morgan fingerprint density at radius 2 is 0.912 bits per heavy atom. The Morgan fingerprint density at radius 3 is 1.21 bits per heavy atom. The Hall–Kier alpha value is -1.22. The van der Waals surface area contributed by atoms with E-state index in [9.17, 15) is 9.59 Å². The molecule has 0 N–H and O–H groups in total. The van der Waals surface area contributed by atoms with Gasteiger partial charge in [0.05, 0.1) is 13.2 Å². The monoisotopic (exact) mass is 482 g/mol. The lowest BCUT2D eigenvalue weighted by atomic mass is 10.1. The van der Waals surface area contributed by atoms with Crippen molar-refractivity contribution in [3.8, 4) is 0 Å². The Labute approximate surface area is 207 Å². The minimum Gasteiger partial charge on any atom is -0.321 e. The molecule has 2 rings (SSSR count). The van der Waals surface area contributed by atoms with Gasteiger partial charge >= 0.3 is 0 Å². The molecule has 0 aromatic carbocycles. The van der Waals surface area contributed by atoms with Crippen LogP contribution in [-0.4, -0.2) is 80.4 Å². The molecule has 0 aromatic rings. The number of hydroxylamine groups is 4. The molecule has 8 nitrogen and oxygen atoms in total. The highest BCUT2D eigenvalue weighted by molar-refractivity contribution is 5.88. The molecule has 0 aromatic heterocycles. The number of amides is 2. The second-order valence-electron chi connectivity index (χ2n) is 11.7. The van der Waals surface area contributed by atoms with Gasteiger partial charge in [-0.05, 0) is 81.1 Å². The molecule has 2 heterocycles. The SMILES string of the molecule is CCCON1C(C)(C)C(=O)N(CCCCCCN2C(=O)C(C)(C)N(OCCC)C2(C)C)C1(C)C. The van der Waals surface area contributed by atoms with Gasteiger partial charge in [-0.25, -0.2) is 0 Å². The van der Waals surface area contributed by atoms with Crippen molar-refractivity contribution in [3.05, 3.63) is 0 Å². The van der Waals surface area contributed by atoms with Crippen molar-refractivity contribution in [1.29, 1.82) is 0 Å². The van der Waals surface area contributed by atoms with Crippen LogP contribution in [-0.2, 0) is 19.3 Å². The maximum atomic E-state index is 13.1. The topological polar surface area (TPSA) is 65.6 Å². The van der Waals surface area contributed by atoms with Gasteiger partial charge in [-0.2, -0.15) is 0 Å². The third kappa shape index (κ3) is 5.30. The van der Waals surface area contributed by atoms with Crippen LogP contribution in [0.2, 0.25) is 0 Å². The average Bonchev–Trinajstić information content (AvgIpc) is 2.94. The van der Waals surface area contributed by atoms with E-state index < -0.39 is 22.4 Å². The molecular weight excluding hydrogens is 432 g/mol. The molecule has 198 valence electrons. The number of unbranched alkanes of at least 4 members (excludes halogenated alkanes) is 3. The number of carbonyl (C=O) groups excluding carboxylic acids is 2. The number of hydrogen-bond donors (Lipinski definition) is 0. The minimum atomic E-state index is -0.668. The van der Waals surface area contributed by atoms with Gasteiger partial charge in [0.15, 0.2) is 0 Å². The van der Waals surface area contributed by atoms with Crippen LogP contribution in [0.3, 0.4) is 0 Å². The molecule has 2 amide bonds. The second kappa shape index (κ2) is 10.8. The summed E-state index contributed by atoms with van der Waals surface area (Å²) in [4.78, 5) is 42.1. The van der Waals surface area contributed by atoms with Crippen molar-refractivity contribution in [2.24, 2.45) is 0 Å². The van der Waals surface area contributed by atoms with Crippen molar-refractivity contribution in [2.75, 3.05) is 26.3 Å².